The molecule has 0 bridgehead atoms. The molecule has 0 aliphatic heterocycles. The van der Waals surface area contributed by atoms with Crippen LogP contribution in [-0.4, -0.2) is 28.5 Å². The summed E-state index contributed by atoms with van der Waals surface area (Å²) in [6, 6.07) is 1.98. The molecule has 0 radical (unpaired) electrons. The topological polar surface area (TPSA) is 51.3 Å². The van der Waals surface area contributed by atoms with Crippen LogP contribution in [0.2, 0.25) is 0 Å². The quantitative estimate of drug-likeness (QED) is 0.819. The predicted molar refractivity (Wildman–Crippen MR) is 65.0 cm³/mol. The predicted octanol–water partition coefficient (Wildman–Crippen LogP) is 1.38. The van der Waals surface area contributed by atoms with Crippen molar-refractivity contribution in [2.45, 2.75) is 33.4 Å². The van der Waals surface area contributed by atoms with E-state index in [1.54, 1.807) is 0 Å². The summed E-state index contributed by atoms with van der Waals surface area (Å²) < 4.78 is 1.89. The number of nitrogens with zero attached hydrogens (tertiary/aromatic N) is 2. The maximum absolute atomic E-state index is 11.8. The number of amides is 1. The van der Waals surface area contributed by atoms with E-state index < -0.39 is 0 Å². The van der Waals surface area contributed by atoms with Crippen LogP contribution in [0.15, 0.2) is 18.5 Å². The Hall–Kier alpha value is -1.29. The van der Waals surface area contributed by atoms with Gasteiger partial charge in [0.25, 0.3) is 0 Å². The Bertz CT molecular complexity index is 340. The SMILES string of the molecule is CCN(CC)C(=O)Cn1ccc(C(C)N)c1. The van der Waals surface area contributed by atoms with Gasteiger partial charge >= 0.3 is 0 Å². The minimum absolute atomic E-state index is 0.0183. The molecule has 1 unspecified atom stereocenters. The standard InChI is InChI=1S/C12H21N3O/c1-4-15(5-2)12(16)9-14-7-6-11(8-14)10(3)13/h6-8,10H,4-5,9,13H2,1-3H3. The second-order valence-electron chi connectivity index (χ2n) is 3.97. The molecule has 0 aromatic carbocycles. The normalized spacial score (nSPS) is 12.5. The lowest BCUT2D eigenvalue weighted by Gasteiger charge is -2.18. The second kappa shape index (κ2) is 5.70. The number of hydrogen-bond acceptors (Lipinski definition) is 2. The van der Waals surface area contributed by atoms with Crippen molar-refractivity contribution in [3.05, 3.63) is 24.0 Å². The van der Waals surface area contributed by atoms with Crippen LogP contribution in [0.4, 0.5) is 0 Å². The first-order valence-electron chi connectivity index (χ1n) is 5.77. The average Bonchev–Trinajstić information content (AvgIpc) is 2.68. The number of rotatable bonds is 5. The van der Waals surface area contributed by atoms with Crippen molar-refractivity contribution in [1.82, 2.24) is 9.47 Å². The van der Waals surface area contributed by atoms with E-state index in [-0.39, 0.29) is 11.9 Å². The molecule has 0 saturated carbocycles. The zero-order chi connectivity index (χ0) is 12.1. The van der Waals surface area contributed by atoms with Gasteiger partial charge in [0.05, 0.1) is 0 Å². The molecule has 1 atom stereocenters. The van der Waals surface area contributed by atoms with Crippen molar-refractivity contribution in [1.29, 1.82) is 0 Å². The lowest BCUT2D eigenvalue weighted by Crippen LogP contribution is -2.33. The summed E-state index contributed by atoms with van der Waals surface area (Å²) in [5.41, 5.74) is 6.82. The van der Waals surface area contributed by atoms with Gasteiger partial charge in [-0.15, -0.1) is 0 Å². The van der Waals surface area contributed by atoms with Gasteiger partial charge in [0, 0.05) is 31.5 Å². The lowest BCUT2D eigenvalue weighted by molar-refractivity contribution is -0.131. The van der Waals surface area contributed by atoms with Gasteiger partial charge in [0.15, 0.2) is 0 Å². The zero-order valence-electron chi connectivity index (χ0n) is 10.3. The van der Waals surface area contributed by atoms with Crippen molar-refractivity contribution in [2.75, 3.05) is 13.1 Å². The van der Waals surface area contributed by atoms with Crippen LogP contribution < -0.4 is 5.73 Å². The minimum atomic E-state index is 0.0183. The van der Waals surface area contributed by atoms with Gasteiger partial charge < -0.3 is 15.2 Å². The Kier molecular flexibility index (Phi) is 4.55. The minimum Gasteiger partial charge on any atom is -0.345 e. The lowest BCUT2D eigenvalue weighted by atomic mass is 10.2. The molecule has 0 aliphatic carbocycles. The molecule has 90 valence electrons. The van der Waals surface area contributed by atoms with Gasteiger partial charge in [-0.2, -0.15) is 0 Å². The molecule has 0 fully saturated rings. The van der Waals surface area contributed by atoms with E-state index in [2.05, 4.69) is 0 Å². The van der Waals surface area contributed by atoms with E-state index in [9.17, 15) is 4.79 Å². The highest BCUT2D eigenvalue weighted by Crippen LogP contribution is 2.09. The molecule has 4 heteroatoms. The van der Waals surface area contributed by atoms with Crippen LogP contribution in [0.3, 0.4) is 0 Å². The Morgan fingerprint density at radius 3 is 2.56 bits per heavy atom. The van der Waals surface area contributed by atoms with Crippen LogP contribution in [-0.2, 0) is 11.3 Å². The third-order valence-corrected chi connectivity index (χ3v) is 2.73. The van der Waals surface area contributed by atoms with Gasteiger partial charge in [-0.3, -0.25) is 4.79 Å². The Morgan fingerprint density at radius 1 is 1.50 bits per heavy atom. The first kappa shape index (κ1) is 12.8. The Balaban J connectivity index is 2.62. The summed E-state index contributed by atoms with van der Waals surface area (Å²) in [5, 5.41) is 0. The molecule has 16 heavy (non-hydrogen) atoms. The van der Waals surface area contributed by atoms with E-state index >= 15 is 0 Å². The van der Waals surface area contributed by atoms with E-state index in [4.69, 9.17) is 5.73 Å². The molecule has 0 saturated heterocycles. The van der Waals surface area contributed by atoms with E-state index in [0.717, 1.165) is 18.7 Å². The van der Waals surface area contributed by atoms with Gasteiger partial charge in [-0.25, -0.2) is 0 Å². The molecule has 1 aromatic heterocycles. The zero-order valence-corrected chi connectivity index (χ0v) is 10.3. The molecule has 1 heterocycles. The first-order valence-corrected chi connectivity index (χ1v) is 5.77. The van der Waals surface area contributed by atoms with Gasteiger partial charge in [0.1, 0.15) is 6.54 Å². The number of hydrogen-bond donors (Lipinski definition) is 1. The summed E-state index contributed by atoms with van der Waals surface area (Å²) >= 11 is 0. The summed E-state index contributed by atoms with van der Waals surface area (Å²) in [5.74, 6) is 0.150. The summed E-state index contributed by atoms with van der Waals surface area (Å²) in [6.45, 7) is 7.84. The number of nitrogens with two attached hydrogens (primary N) is 1. The first-order chi connectivity index (χ1) is 7.58. The fourth-order valence-corrected chi connectivity index (χ4v) is 1.66. The number of carbonyl (C=O) groups is 1. The maximum Gasteiger partial charge on any atom is 0.242 e. The fourth-order valence-electron chi connectivity index (χ4n) is 1.66. The summed E-state index contributed by atoms with van der Waals surface area (Å²) in [4.78, 5) is 13.7. The van der Waals surface area contributed by atoms with Crippen molar-refractivity contribution in [3.63, 3.8) is 0 Å². The fraction of sp³-hybridized carbons (Fsp3) is 0.583. The molecule has 1 aromatic rings. The highest BCUT2D eigenvalue weighted by molar-refractivity contribution is 5.75. The number of aromatic nitrogens is 1. The molecule has 1 amide bonds. The van der Waals surface area contributed by atoms with Crippen molar-refractivity contribution in [3.8, 4) is 0 Å². The van der Waals surface area contributed by atoms with Crippen LogP contribution in [0.25, 0.3) is 0 Å². The highest BCUT2D eigenvalue weighted by Gasteiger charge is 2.10. The number of likely N-dealkylation sites (N-methyl/N-ethyl adjacent to an activating group) is 1. The van der Waals surface area contributed by atoms with E-state index in [1.165, 1.54) is 0 Å². The molecule has 2 N–H and O–H groups in total. The van der Waals surface area contributed by atoms with Gasteiger partial charge in [0.2, 0.25) is 5.91 Å². The number of carbonyl (C=O) groups excluding carboxylic acids is 1. The van der Waals surface area contributed by atoms with Crippen molar-refractivity contribution >= 4 is 5.91 Å². The Morgan fingerprint density at radius 2 is 2.12 bits per heavy atom. The molecule has 0 aliphatic rings. The third-order valence-electron chi connectivity index (χ3n) is 2.73. The van der Waals surface area contributed by atoms with Crippen molar-refractivity contribution in [2.24, 2.45) is 5.73 Å². The van der Waals surface area contributed by atoms with Gasteiger partial charge in [-0.05, 0) is 32.4 Å². The van der Waals surface area contributed by atoms with Crippen LogP contribution >= 0.6 is 0 Å². The third kappa shape index (κ3) is 3.10. The Labute approximate surface area is 97.0 Å². The van der Waals surface area contributed by atoms with E-state index in [1.807, 2.05) is 48.7 Å². The molecule has 1 rings (SSSR count). The molecular formula is C12H21N3O. The summed E-state index contributed by atoms with van der Waals surface area (Å²) in [7, 11) is 0. The highest BCUT2D eigenvalue weighted by atomic mass is 16.2. The van der Waals surface area contributed by atoms with Crippen molar-refractivity contribution < 1.29 is 4.79 Å². The molecule has 0 spiro atoms. The van der Waals surface area contributed by atoms with Crippen LogP contribution in [0.1, 0.15) is 32.4 Å². The largest absolute Gasteiger partial charge is 0.345 e. The molecular weight excluding hydrogens is 202 g/mol. The molecule has 4 nitrogen and oxygen atoms in total. The van der Waals surface area contributed by atoms with Crippen LogP contribution in [0, 0.1) is 0 Å². The van der Waals surface area contributed by atoms with E-state index in [0.29, 0.717) is 6.54 Å². The summed E-state index contributed by atoms with van der Waals surface area (Å²) in [6.07, 6.45) is 3.84. The van der Waals surface area contributed by atoms with Gasteiger partial charge in [-0.1, -0.05) is 0 Å². The second-order valence-corrected chi connectivity index (χ2v) is 3.97. The smallest absolute Gasteiger partial charge is 0.242 e. The monoisotopic (exact) mass is 223 g/mol. The maximum atomic E-state index is 11.8. The van der Waals surface area contributed by atoms with Crippen LogP contribution in [0.5, 0.6) is 0 Å². The average molecular weight is 223 g/mol.